The van der Waals surface area contributed by atoms with Crippen LogP contribution in [0.25, 0.3) is 17.0 Å². The van der Waals surface area contributed by atoms with E-state index in [1.165, 1.54) is 27.4 Å². The van der Waals surface area contributed by atoms with Crippen molar-refractivity contribution in [2.24, 2.45) is 0 Å². The quantitative estimate of drug-likeness (QED) is 0.424. The summed E-state index contributed by atoms with van der Waals surface area (Å²) in [5.74, 6) is 0.186. The maximum Gasteiger partial charge on any atom is 0.305 e. The van der Waals surface area contributed by atoms with Gasteiger partial charge in [0.2, 0.25) is 5.75 Å². The van der Waals surface area contributed by atoms with Gasteiger partial charge in [-0.15, -0.1) is 0 Å². The standard InChI is InChI=1S/C23H23NO6/c1-28-20-13-16(14-21(29-2)23(20)30-3)19(25)8-7-15-5-4-6-18-17(15)9-11-24(18)12-10-22(26)27/h4-9,11,13-14H,10,12H2,1-3H3,(H,26,27)/b8-7+. The van der Waals surface area contributed by atoms with Crippen LogP contribution in [0.1, 0.15) is 22.3 Å². The molecule has 0 aliphatic rings. The van der Waals surface area contributed by atoms with Crippen molar-refractivity contribution in [3.8, 4) is 17.2 Å². The highest BCUT2D eigenvalue weighted by Crippen LogP contribution is 2.38. The summed E-state index contributed by atoms with van der Waals surface area (Å²) < 4.78 is 17.8. The number of aryl methyl sites for hydroxylation is 1. The summed E-state index contributed by atoms with van der Waals surface area (Å²) in [6.45, 7) is 0.385. The third-order valence-electron chi connectivity index (χ3n) is 4.78. The number of fused-ring (bicyclic) bond motifs is 1. The minimum absolute atomic E-state index is 0.0451. The number of rotatable bonds is 9. The molecular weight excluding hydrogens is 386 g/mol. The van der Waals surface area contributed by atoms with Crippen LogP contribution in [0, 0.1) is 0 Å². The first-order valence-corrected chi connectivity index (χ1v) is 9.30. The molecule has 3 rings (SSSR count). The number of hydrogen-bond acceptors (Lipinski definition) is 5. The first kappa shape index (κ1) is 21.0. The van der Waals surface area contributed by atoms with Crippen molar-refractivity contribution in [2.45, 2.75) is 13.0 Å². The first-order chi connectivity index (χ1) is 14.5. The average Bonchev–Trinajstić information content (AvgIpc) is 3.18. The van der Waals surface area contributed by atoms with Crippen LogP contribution < -0.4 is 14.2 Å². The Hall–Kier alpha value is -3.74. The minimum Gasteiger partial charge on any atom is -0.493 e. The van der Waals surface area contributed by atoms with Crippen LogP contribution in [0.4, 0.5) is 0 Å². The molecule has 1 heterocycles. The van der Waals surface area contributed by atoms with Crippen LogP contribution in [0.15, 0.2) is 48.7 Å². The number of ketones is 1. The summed E-state index contributed by atoms with van der Waals surface area (Å²) in [5.41, 5.74) is 2.19. The van der Waals surface area contributed by atoms with Gasteiger partial charge in [-0.05, 0) is 35.9 Å². The second kappa shape index (κ2) is 9.17. The monoisotopic (exact) mass is 409 g/mol. The summed E-state index contributed by atoms with van der Waals surface area (Å²) in [6.07, 6.45) is 5.13. The van der Waals surface area contributed by atoms with E-state index in [2.05, 4.69) is 0 Å². The molecule has 0 atom stereocenters. The molecule has 0 bridgehead atoms. The molecule has 156 valence electrons. The predicted molar refractivity (Wildman–Crippen MR) is 114 cm³/mol. The summed E-state index contributed by atoms with van der Waals surface area (Å²) in [7, 11) is 4.50. The highest BCUT2D eigenvalue weighted by Gasteiger charge is 2.16. The van der Waals surface area contributed by atoms with Gasteiger partial charge in [0.15, 0.2) is 17.3 Å². The number of allylic oxidation sites excluding steroid dienone is 1. The van der Waals surface area contributed by atoms with E-state index in [9.17, 15) is 9.59 Å². The number of carbonyl (C=O) groups excluding carboxylic acids is 1. The van der Waals surface area contributed by atoms with E-state index >= 15 is 0 Å². The molecule has 0 fully saturated rings. The Labute approximate surface area is 174 Å². The van der Waals surface area contributed by atoms with Crippen molar-refractivity contribution >= 4 is 28.7 Å². The number of carboxylic acids is 1. The van der Waals surface area contributed by atoms with E-state index < -0.39 is 5.97 Å². The lowest BCUT2D eigenvalue weighted by Gasteiger charge is -2.13. The van der Waals surface area contributed by atoms with E-state index in [0.29, 0.717) is 29.4 Å². The Morgan fingerprint density at radius 2 is 1.73 bits per heavy atom. The van der Waals surface area contributed by atoms with E-state index in [1.807, 2.05) is 35.0 Å². The average molecular weight is 409 g/mol. The maximum absolute atomic E-state index is 12.8. The predicted octanol–water partition coefficient (Wildman–Crippen LogP) is 4.04. The molecule has 2 aromatic carbocycles. The van der Waals surface area contributed by atoms with E-state index in [0.717, 1.165) is 16.5 Å². The lowest BCUT2D eigenvalue weighted by atomic mass is 10.1. The van der Waals surface area contributed by atoms with Gasteiger partial charge in [-0.25, -0.2) is 0 Å². The Morgan fingerprint density at radius 1 is 1.03 bits per heavy atom. The zero-order valence-corrected chi connectivity index (χ0v) is 17.0. The number of aliphatic carboxylic acids is 1. The number of carbonyl (C=O) groups is 2. The van der Waals surface area contributed by atoms with Crippen molar-refractivity contribution in [2.75, 3.05) is 21.3 Å². The van der Waals surface area contributed by atoms with E-state index in [4.69, 9.17) is 19.3 Å². The molecule has 30 heavy (non-hydrogen) atoms. The molecule has 0 aliphatic carbocycles. The smallest absolute Gasteiger partial charge is 0.305 e. The lowest BCUT2D eigenvalue weighted by molar-refractivity contribution is -0.137. The van der Waals surface area contributed by atoms with E-state index in [-0.39, 0.29) is 12.2 Å². The summed E-state index contributed by atoms with van der Waals surface area (Å²) in [4.78, 5) is 23.6. The van der Waals surface area contributed by atoms with Gasteiger partial charge in [0.25, 0.3) is 0 Å². The number of nitrogens with zero attached hydrogens (tertiary/aromatic N) is 1. The molecule has 1 aromatic heterocycles. The third kappa shape index (κ3) is 4.30. The molecule has 0 aliphatic heterocycles. The van der Waals surface area contributed by atoms with Gasteiger partial charge in [0.05, 0.1) is 27.8 Å². The Bertz CT molecular complexity index is 1090. The van der Waals surface area contributed by atoms with Gasteiger partial charge in [-0.1, -0.05) is 18.2 Å². The van der Waals surface area contributed by atoms with Gasteiger partial charge >= 0.3 is 5.97 Å². The van der Waals surface area contributed by atoms with Crippen LogP contribution in [-0.2, 0) is 11.3 Å². The van der Waals surface area contributed by atoms with Crippen LogP contribution in [0.3, 0.4) is 0 Å². The molecular formula is C23H23NO6. The fourth-order valence-electron chi connectivity index (χ4n) is 3.29. The number of ether oxygens (including phenoxy) is 3. The van der Waals surface area contributed by atoms with Crippen LogP contribution in [0.5, 0.6) is 17.2 Å². The fraction of sp³-hybridized carbons (Fsp3) is 0.217. The number of hydrogen-bond donors (Lipinski definition) is 1. The van der Waals surface area contributed by atoms with E-state index in [1.54, 1.807) is 18.2 Å². The number of benzene rings is 2. The van der Waals surface area contributed by atoms with Crippen LogP contribution in [0.2, 0.25) is 0 Å². The molecule has 0 amide bonds. The van der Waals surface area contributed by atoms with Crippen molar-refractivity contribution < 1.29 is 28.9 Å². The summed E-state index contributed by atoms with van der Waals surface area (Å²) in [5, 5.41) is 9.85. The Balaban J connectivity index is 1.90. The Morgan fingerprint density at radius 3 is 2.33 bits per heavy atom. The van der Waals surface area contributed by atoms with Crippen molar-refractivity contribution in [3.63, 3.8) is 0 Å². The van der Waals surface area contributed by atoms with Crippen LogP contribution in [-0.4, -0.2) is 42.8 Å². The molecule has 0 unspecified atom stereocenters. The molecule has 7 nitrogen and oxygen atoms in total. The molecule has 3 aromatic rings. The van der Waals surface area contributed by atoms with Crippen molar-refractivity contribution in [1.29, 1.82) is 0 Å². The zero-order valence-electron chi connectivity index (χ0n) is 17.0. The topological polar surface area (TPSA) is 87.0 Å². The van der Waals surface area contributed by atoms with Crippen molar-refractivity contribution in [1.82, 2.24) is 4.57 Å². The minimum atomic E-state index is -0.844. The maximum atomic E-state index is 12.8. The fourth-order valence-corrected chi connectivity index (χ4v) is 3.29. The molecule has 0 radical (unpaired) electrons. The molecule has 0 saturated carbocycles. The van der Waals surface area contributed by atoms with Gasteiger partial charge in [0.1, 0.15) is 0 Å². The third-order valence-corrected chi connectivity index (χ3v) is 4.78. The molecule has 0 spiro atoms. The number of methoxy groups -OCH3 is 3. The van der Waals surface area contributed by atoms with Gasteiger partial charge in [0, 0.05) is 29.2 Å². The second-order valence-electron chi connectivity index (χ2n) is 6.54. The Kier molecular flexibility index (Phi) is 6.41. The summed E-state index contributed by atoms with van der Waals surface area (Å²) >= 11 is 0. The normalized spacial score (nSPS) is 11.0. The zero-order chi connectivity index (χ0) is 21.7. The lowest BCUT2D eigenvalue weighted by Crippen LogP contribution is -2.03. The summed E-state index contributed by atoms with van der Waals surface area (Å²) in [6, 6.07) is 10.8. The van der Waals surface area contributed by atoms with Gasteiger partial charge < -0.3 is 23.9 Å². The first-order valence-electron chi connectivity index (χ1n) is 9.30. The molecule has 7 heteroatoms. The van der Waals surface area contributed by atoms with Gasteiger partial charge in [-0.2, -0.15) is 0 Å². The SMILES string of the molecule is COc1cc(C(=O)/C=C/c2cccc3c2ccn3CCC(=O)O)cc(OC)c1OC. The highest BCUT2D eigenvalue weighted by atomic mass is 16.5. The van der Waals surface area contributed by atoms with Crippen LogP contribution >= 0.6 is 0 Å². The largest absolute Gasteiger partial charge is 0.493 e. The number of carboxylic acid groups (broad SMARTS) is 1. The van der Waals surface area contributed by atoms with Crippen molar-refractivity contribution in [3.05, 3.63) is 59.8 Å². The molecule has 0 saturated heterocycles. The number of aromatic nitrogens is 1. The van der Waals surface area contributed by atoms with Gasteiger partial charge in [-0.3, -0.25) is 9.59 Å². The second-order valence-corrected chi connectivity index (χ2v) is 6.54. The highest BCUT2D eigenvalue weighted by molar-refractivity contribution is 6.08. The molecule has 1 N–H and O–H groups in total.